The van der Waals surface area contributed by atoms with E-state index in [9.17, 15) is 17.5 Å². The van der Waals surface area contributed by atoms with Gasteiger partial charge in [-0.3, -0.25) is 8.42 Å². The Bertz CT molecular complexity index is 1110. The lowest BCUT2D eigenvalue weighted by molar-refractivity contribution is 0.422. The number of thiophene rings is 1. The average Bonchev–Trinajstić information content (AvgIpc) is 3.47. The Hall–Kier alpha value is -1.83. The van der Waals surface area contributed by atoms with Crippen molar-refractivity contribution in [1.29, 1.82) is 0 Å². The summed E-state index contributed by atoms with van der Waals surface area (Å²) in [6, 6.07) is 9.81. The van der Waals surface area contributed by atoms with Crippen LogP contribution in [0.3, 0.4) is 0 Å². The van der Waals surface area contributed by atoms with Crippen molar-refractivity contribution < 1.29 is 22.0 Å². The first-order valence-electron chi connectivity index (χ1n) is 9.93. The fourth-order valence-corrected chi connectivity index (χ4v) is 4.33. The van der Waals surface area contributed by atoms with Gasteiger partial charge in [0.2, 0.25) is 0 Å². The van der Waals surface area contributed by atoms with E-state index in [1.807, 2.05) is 0 Å². The molecule has 4 rings (SSSR count). The number of hydrogen-bond donors (Lipinski definition) is 0. The summed E-state index contributed by atoms with van der Waals surface area (Å²) in [6.07, 6.45) is 1.45. The number of hydrogen-bond acceptors (Lipinski definition) is 10. The Balaban J connectivity index is 0.000000252. The van der Waals surface area contributed by atoms with Crippen LogP contribution < -0.4 is 0 Å². The predicted octanol–water partition coefficient (Wildman–Crippen LogP) is 5.90. The molecule has 3 aromatic heterocycles. The van der Waals surface area contributed by atoms with E-state index in [4.69, 9.17) is 0 Å². The quantitative estimate of drug-likeness (QED) is 0.300. The lowest BCUT2D eigenvalue weighted by Gasteiger charge is -2.03. The van der Waals surface area contributed by atoms with E-state index >= 15 is 0 Å². The second-order valence-electron chi connectivity index (χ2n) is 7.82. The SMILES string of the molecule is CC(C)C.CC(C)C.O=S([O-])c1ccc(-c2ccon2)s1.O=S([O-])c1cccc2nsnc12. The zero-order valence-corrected chi connectivity index (χ0v) is 22.5. The average molecular weight is 530 g/mol. The van der Waals surface area contributed by atoms with Crippen molar-refractivity contribution in [2.75, 3.05) is 0 Å². The first-order chi connectivity index (χ1) is 15.5. The van der Waals surface area contributed by atoms with Crippen LogP contribution in [0.2, 0.25) is 0 Å². The van der Waals surface area contributed by atoms with Crippen LogP contribution in [0, 0.1) is 11.8 Å². The highest BCUT2D eigenvalue weighted by Crippen LogP contribution is 2.28. The highest BCUT2D eigenvalue weighted by molar-refractivity contribution is 7.81. The zero-order valence-electron chi connectivity index (χ0n) is 19.2. The topological polar surface area (TPSA) is 132 Å². The Morgan fingerprint density at radius 1 is 0.879 bits per heavy atom. The molecule has 3 heterocycles. The number of nitrogens with zero attached hydrogens (tertiary/aromatic N) is 3. The van der Waals surface area contributed by atoms with Crippen LogP contribution in [0.5, 0.6) is 0 Å². The van der Waals surface area contributed by atoms with Crippen LogP contribution >= 0.6 is 23.1 Å². The third-order valence-electron chi connectivity index (χ3n) is 2.86. The molecule has 2 atom stereocenters. The molecule has 0 fully saturated rings. The van der Waals surface area contributed by atoms with E-state index in [0.717, 1.165) is 39.8 Å². The summed E-state index contributed by atoms with van der Waals surface area (Å²) in [5.74, 6) is 1.67. The molecule has 1 aromatic carbocycles. The number of rotatable bonds is 3. The van der Waals surface area contributed by atoms with Crippen LogP contribution in [0.4, 0.5) is 0 Å². The highest BCUT2D eigenvalue weighted by Gasteiger charge is 2.05. The van der Waals surface area contributed by atoms with E-state index < -0.39 is 22.2 Å². The number of benzene rings is 1. The van der Waals surface area contributed by atoms with Gasteiger partial charge < -0.3 is 13.6 Å². The van der Waals surface area contributed by atoms with Crippen LogP contribution in [0.25, 0.3) is 21.6 Å². The lowest BCUT2D eigenvalue weighted by atomic mass is 10.3. The molecular weight excluding hydrogens is 503 g/mol. The minimum Gasteiger partial charge on any atom is -0.768 e. The number of fused-ring (bicyclic) bond motifs is 1. The second kappa shape index (κ2) is 15.1. The van der Waals surface area contributed by atoms with Gasteiger partial charge in [-0.1, -0.05) is 52.8 Å². The maximum Gasteiger partial charge on any atom is 0.124 e. The van der Waals surface area contributed by atoms with Gasteiger partial charge in [0.05, 0.1) is 25.7 Å². The molecule has 0 aliphatic heterocycles. The van der Waals surface area contributed by atoms with Crippen molar-refractivity contribution in [2.45, 2.75) is 50.6 Å². The summed E-state index contributed by atoms with van der Waals surface area (Å²) < 4.78 is 55.1. The van der Waals surface area contributed by atoms with Crippen molar-refractivity contribution in [3.05, 3.63) is 42.7 Å². The maximum absolute atomic E-state index is 10.6. The first kappa shape index (κ1) is 29.2. The third kappa shape index (κ3) is 11.2. The standard InChI is InChI=1S/C7H5NO3S2.C6H4N2O2S2.2C4H10/c9-13(10)7-2-1-6(12-7)5-3-4-11-8-5;9-12(10)5-3-1-2-4-6(5)8-11-7-4;2*1-4(2)3/h1-4H,(H,9,10);1-3H,(H,9,10);2*4H,1-3H3/p-2. The molecule has 12 heteroatoms. The molecule has 2 unspecified atom stereocenters. The molecule has 0 aliphatic carbocycles. The Kier molecular flexibility index (Phi) is 13.4. The molecular formula is C21H27N3O5S4-2. The molecule has 0 radical (unpaired) electrons. The summed E-state index contributed by atoms with van der Waals surface area (Å²) in [6.45, 7) is 13.0. The Labute approximate surface area is 207 Å². The van der Waals surface area contributed by atoms with Gasteiger partial charge >= 0.3 is 0 Å². The summed E-state index contributed by atoms with van der Waals surface area (Å²) in [7, 11) is 0. The first-order valence-corrected chi connectivity index (χ1v) is 13.6. The zero-order chi connectivity index (χ0) is 25.0. The van der Waals surface area contributed by atoms with Crippen LogP contribution in [0.1, 0.15) is 41.5 Å². The van der Waals surface area contributed by atoms with Gasteiger partial charge in [0.15, 0.2) is 0 Å². The molecule has 0 aliphatic rings. The van der Waals surface area contributed by atoms with E-state index in [1.54, 1.807) is 24.3 Å². The fourth-order valence-electron chi connectivity index (χ4n) is 1.80. The molecule has 33 heavy (non-hydrogen) atoms. The predicted molar refractivity (Wildman–Crippen MR) is 133 cm³/mol. The van der Waals surface area contributed by atoms with Gasteiger partial charge in [0.25, 0.3) is 0 Å². The van der Waals surface area contributed by atoms with Gasteiger partial charge in [-0.05, 0) is 58.3 Å². The smallest absolute Gasteiger partial charge is 0.124 e. The highest BCUT2D eigenvalue weighted by atomic mass is 32.2. The minimum atomic E-state index is -2.23. The van der Waals surface area contributed by atoms with Crippen LogP contribution in [0.15, 0.2) is 56.3 Å². The van der Waals surface area contributed by atoms with Crippen molar-refractivity contribution >= 4 is 56.3 Å². The minimum absolute atomic E-state index is 0.209. The van der Waals surface area contributed by atoms with Gasteiger partial charge in [-0.15, -0.1) is 11.3 Å². The van der Waals surface area contributed by atoms with Gasteiger partial charge in [0, 0.05) is 6.07 Å². The Morgan fingerprint density at radius 2 is 1.52 bits per heavy atom. The number of aromatic nitrogens is 3. The summed E-state index contributed by atoms with van der Waals surface area (Å²) >= 11 is -2.21. The van der Waals surface area contributed by atoms with Gasteiger partial charge in [-0.2, -0.15) is 8.75 Å². The maximum atomic E-state index is 10.6. The normalized spacial score (nSPS) is 12.2. The molecule has 4 aromatic rings. The third-order valence-corrected chi connectivity index (χ3v) is 6.12. The summed E-state index contributed by atoms with van der Waals surface area (Å²) in [5.41, 5.74) is 1.74. The van der Waals surface area contributed by atoms with Crippen LogP contribution in [-0.2, 0) is 22.2 Å². The molecule has 8 nitrogen and oxygen atoms in total. The molecule has 0 N–H and O–H groups in total. The largest absolute Gasteiger partial charge is 0.768 e. The second-order valence-corrected chi connectivity index (χ2v) is 11.5. The lowest BCUT2D eigenvalue weighted by Crippen LogP contribution is -1.89. The van der Waals surface area contributed by atoms with E-state index in [1.165, 1.54) is 18.4 Å². The molecule has 0 amide bonds. The monoisotopic (exact) mass is 529 g/mol. The van der Waals surface area contributed by atoms with Crippen molar-refractivity contribution in [3.63, 3.8) is 0 Å². The van der Waals surface area contributed by atoms with Crippen molar-refractivity contribution in [2.24, 2.45) is 11.8 Å². The van der Waals surface area contributed by atoms with Gasteiger partial charge in [-0.25, -0.2) is 0 Å². The molecule has 0 bridgehead atoms. The molecule has 0 saturated heterocycles. The summed E-state index contributed by atoms with van der Waals surface area (Å²) in [4.78, 5) is 0.995. The van der Waals surface area contributed by atoms with Crippen molar-refractivity contribution in [3.8, 4) is 10.6 Å². The van der Waals surface area contributed by atoms with E-state index in [2.05, 4.69) is 60.0 Å². The summed E-state index contributed by atoms with van der Waals surface area (Å²) in [5, 5.41) is 3.69. The fraction of sp³-hybridized carbons (Fsp3) is 0.381. The molecule has 0 spiro atoms. The van der Waals surface area contributed by atoms with Crippen molar-refractivity contribution in [1.82, 2.24) is 13.9 Å². The molecule has 182 valence electrons. The Morgan fingerprint density at radius 3 is 2.00 bits per heavy atom. The van der Waals surface area contributed by atoms with E-state index in [0.29, 0.717) is 20.9 Å². The van der Waals surface area contributed by atoms with Crippen LogP contribution in [-0.4, -0.2) is 31.4 Å². The van der Waals surface area contributed by atoms with Gasteiger partial charge in [0.1, 0.15) is 23.0 Å². The van der Waals surface area contributed by atoms with E-state index in [-0.39, 0.29) is 4.90 Å². The molecule has 0 saturated carbocycles.